The Morgan fingerprint density at radius 2 is 1.94 bits per heavy atom. The Labute approximate surface area is 110 Å². The van der Waals surface area contributed by atoms with Crippen molar-refractivity contribution in [3.05, 3.63) is 18.3 Å². The molecule has 0 saturated carbocycles. The van der Waals surface area contributed by atoms with Crippen LogP contribution in [0.15, 0.2) is 18.3 Å². The smallest absolute Gasteiger partial charge is 0.422 e. The molecule has 0 spiro atoms. The van der Waals surface area contributed by atoms with E-state index >= 15 is 0 Å². The van der Waals surface area contributed by atoms with Gasteiger partial charge in [-0.3, -0.25) is 0 Å². The van der Waals surface area contributed by atoms with Crippen LogP contribution in [-0.4, -0.2) is 24.3 Å². The van der Waals surface area contributed by atoms with E-state index in [2.05, 4.69) is 15.0 Å². The van der Waals surface area contributed by atoms with Crippen LogP contribution in [0.3, 0.4) is 0 Å². The van der Waals surface area contributed by atoms with Crippen molar-refractivity contribution in [2.45, 2.75) is 13.1 Å². The van der Waals surface area contributed by atoms with Crippen molar-refractivity contribution in [3.63, 3.8) is 0 Å². The van der Waals surface area contributed by atoms with Gasteiger partial charge in [-0.1, -0.05) is 0 Å². The van der Waals surface area contributed by atoms with Gasteiger partial charge in [-0.2, -0.15) is 13.2 Å². The van der Waals surface area contributed by atoms with Crippen molar-refractivity contribution >= 4 is 30.6 Å². The van der Waals surface area contributed by atoms with Gasteiger partial charge in [0.05, 0.1) is 6.20 Å². The summed E-state index contributed by atoms with van der Waals surface area (Å²) in [6.45, 7) is 1.31. The van der Waals surface area contributed by atoms with Gasteiger partial charge in [0.15, 0.2) is 6.61 Å². The summed E-state index contributed by atoms with van der Waals surface area (Å²) >= 11 is 0. The minimum atomic E-state index is -4.32. The predicted octanol–water partition coefficient (Wildman–Crippen LogP) is 3.30. The van der Waals surface area contributed by atoms with Crippen LogP contribution in [0, 0.1) is 0 Å². The van der Waals surface area contributed by atoms with Crippen LogP contribution in [0.2, 0.25) is 0 Å². The largest absolute Gasteiger partial charge is 0.483 e. The molecule has 8 heteroatoms. The summed E-state index contributed by atoms with van der Waals surface area (Å²) < 4.78 is 39.8. The van der Waals surface area contributed by atoms with E-state index in [1.165, 1.54) is 12.3 Å². The van der Waals surface area contributed by atoms with Crippen molar-refractivity contribution in [3.8, 4) is 5.75 Å². The molecule has 1 N–H and O–H groups in total. The van der Waals surface area contributed by atoms with Gasteiger partial charge in [-0.05, 0) is 19.1 Å². The van der Waals surface area contributed by atoms with Crippen molar-refractivity contribution in [1.29, 1.82) is 0 Å². The van der Waals surface area contributed by atoms with E-state index in [9.17, 15) is 13.2 Å². The summed E-state index contributed by atoms with van der Waals surface area (Å²) in [5.74, 6) is 0.714. The molecule has 0 aromatic carbocycles. The zero-order valence-electron chi connectivity index (χ0n) is 8.95. The zero-order chi connectivity index (χ0) is 11.3. The molecule has 0 fully saturated rings. The lowest BCUT2D eigenvalue weighted by Crippen LogP contribution is -2.19. The highest BCUT2D eigenvalue weighted by Gasteiger charge is 2.28. The molecule has 17 heavy (non-hydrogen) atoms. The van der Waals surface area contributed by atoms with E-state index in [4.69, 9.17) is 0 Å². The summed E-state index contributed by atoms with van der Waals surface area (Å²) in [7, 11) is 0. The Hall–Kier alpha value is -0.880. The second-order valence-electron chi connectivity index (χ2n) is 2.81. The number of halogens is 5. The van der Waals surface area contributed by atoms with Crippen molar-refractivity contribution < 1.29 is 17.9 Å². The highest BCUT2D eigenvalue weighted by Crippen LogP contribution is 2.18. The molecule has 0 aliphatic rings. The molecule has 0 radical (unpaired) electrons. The lowest BCUT2D eigenvalue weighted by molar-refractivity contribution is -0.153. The van der Waals surface area contributed by atoms with E-state index in [-0.39, 0.29) is 30.6 Å². The summed E-state index contributed by atoms with van der Waals surface area (Å²) in [4.78, 5) is 3.87. The number of pyridine rings is 1. The summed E-state index contributed by atoms with van der Waals surface area (Å²) in [6, 6.07) is 3.01. The van der Waals surface area contributed by atoms with Crippen LogP contribution in [0.5, 0.6) is 5.75 Å². The molecule has 1 aromatic heterocycles. The third kappa shape index (κ3) is 7.93. The minimum absolute atomic E-state index is 0. The van der Waals surface area contributed by atoms with Crippen molar-refractivity contribution in [1.82, 2.24) is 4.98 Å². The SMILES string of the molecule is CCNc1ccc(OCC(F)(F)F)cn1.Cl.Cl. The van der Waals surface area contributed by atoms with Gasteiger partial charge in [0.1, 0.15) is 11.6 Å². The van der Waals surface area contributed by atoms with Crippen molar-refractivity contribution in [2.75, 3.05) is 18.5 Å². The van der Waals surface area contributed by atoms with E-state index in [1.807, 2.05) is 6.92 Å². The Bertz CT molecular complexity index is 306. The molecule has 0 amide bonds. The summed E-state index contributed by atoms with van der Waals surface area (Å²) in [6.07, 6.45) is -3.07. The Morgan fingerprint density at radius 1 is 1.29 bits per heavy atom. The molecule has 1 aromatic rings. The fourth-order valence-corrected chi connectivity index (χ4v) is 0.917. The predicted molar refractivity (Wildman–Crippen MR) is 64.4 cm³/mol. The quantitative estimate of drug-likeness (QED) is 0.925. The molecule has 0 unspecified atom stereocenters. The fourth-order valence-electron chi connectivity index (χ4n) is 0.917. The Kier molecular flexibility index (Phi) is 8.97. The van der Waals surface area contributed by atoms with Crippen LogP contribution < -0.4 is 10.1 Å². The molecule has 3 nitrogen and oxygen atoms in total. The monoisotopic (exact) mass is 292 g/mol. The van der Waals surface area contributed by atoms with Gasteiger partial charge in [-0.25, -0.2) is 4.98 Å². The first-order valence-electron chi connectivity index (χ1n) is 4.41. The molecular weight excluding hydrogens is 280 g/mol. The maximum absolute atomic E-state index is 11.8. The standard InChI is InChI=1S/C9H11F3N2O.2ClH/c1-2-13-8-4-3-7(5-14-8)15-6-9(10,11)12;;/h3-5H,2,6H2,1H3,(H,13,14);2*1H. The number of ether oxygens (including phenoxy) is 1. The van der Waals surface area contributed by atoms with Crippen LogP contribution >= 0.6 is 24.8 Å². The van der Waals surface area contributed by atoms with Gasteiger partial charge >= 0.3 is 6.18 Å². The molecule has 100 valence electrons. The number of anilines is 1. The first-order chi connectivity index (χ1) is 7.01. The summed E-state index contributed by atoms with van der Waals surface area (Å²) in [5, 5.41) is 2.92. The third-order valence-electron chi connectivity index (χ3n) is 1.50. The number of alkyl halides is 3. The molecule has 0 bridgehead atoms. The average molecular weight is 293 g/mol. The molecule has 1 heterocycles. The topological polar surface area (TPSA) is 34.1 Å². The van der Waals surface area contributed by atoms with Crippen molar-refractivity contribution in [2.24, 2.45) is 0 Å². The number of nitrogens with one attached hydrogen (secondary N) is 1. The molecule has 0 aliphatic carbocycles. The van der Waals surface area contributed by atoms with E-state index in [0.29, 0.717) is 12.4 Å². The fraction of sp³-hybridized carbons (Fsp3) is 0.444. The lowest BCUT2D eigenvalue weighted by atomic mass is 10.4. The van der Waals surface area contributed by atoms with Gasteiger partial charge in [0, 0.05) is 6.54 Å². The number of aromatic nitrogens is 1. The second-order valence-corrected chi connectivity index (χ2v) is 2.81. The molecule has 0 aliphatic heterocycles. The third-order valence-corrected chi connectivity index (χ3v) is 1.50. The lowest BCUT2D eigenvalue weighted by Gasteiger charge is -2.09. The average Bonchev–Trinajstić information content (AvgIpc) is 2.16. The second kappa shape index (κ2) is 8.25. The van der Waals surface area contributed by atoms with Gasteiger partial charge in [-0.15, -0.1) is 24.8 Å². The Balaban J connectivity index is 0. The Morgan fingerprint density at radius 3 is 2.35 bits per heavy atom. The molecular formula is C9H13Cl2F3N2O. The molecule has 1 rings (SSSR count). The first-order valence-corrected chi connectivity index (χ1v) is 4.41. The first kappa shape index (κ1) is 18.5. The normalized spacial score (nSPS) is 9.88. The minimum Gasteiger partial charge on any atom is -0.483 e. The van der Waals surface area contributed by atoms with Crippen LogP contribution in [-0.2, 0) is 0 Å². The van der Waals surface area contributed by atoms with Crippen LogP contribution in [0.1, 0.15) is 6.92 Å². The van der Waals surface area contributed by atoms with Crippen LogP contribution in [0.25, 0.3) is 0 Å². The van der Waals surface area contributed by atoms with Gasteiger partial charge < -0.3 is 10.1 Å². The maximum atomic E-state index is 11.8. The van der Waals surface area contributed by atoms with Crippen LogP contribution in [0.4, 0.5) is 19.0 Å². The number of hydrogen-bond donors (Lipinski definition) is 1. The van der Waals surface area contributed by atoms with Gasteiger partial charge in [0.2, 0.25) is 0 Å². The number of hydrogen-bond acceptors (Lipinski definition) is 3. The summed E-state index contributed by atoms with van der Waals surface area (Å²) in [5.41, 5.74) is 0. The highest BCUT2D eigenvalue weighted by atomic mass is 35.5. The van der Waals surface area contributed by atoms with E-state index in [0.717, 1.165) is 0 Å². The molecule has 0 saturated heterocycles. The highest BCUT2D eigenvalue weighted by molar-refractivity contribution is 5.85. The number of nitrogens with zero attached hydrogens (tertiary/aromatic N) is 1. The van der Waals surface area contributed by atoms with E-state index < -0.39 is 12.8 Å². The number of rotatable bonds is 4. The maximum Gasteiger partial charge on any atom is 0.422 e. The van der Waals surface area contributed by atoms with Gasteiger partial charge in [0.25, 0.3) is 0 Å². The van der Waals surface area contributed by atoms with E-state index in [1.54, 1.807) is 6.07 Å². The molecule has 0 atom stereocenters. The zero-order valence-corrected chi connectivity index (χ0v) is 10.6.